The summed E-state index contributed by atoms with van der Waals surface area (Å²) in [6.45, 7) is 0. The van der Waals surface area contributed by atoms with Gasteiger partial charge in [-0.15, -0.1) is 0 Å². The standard InChI is InChI=1S/C14H10Cl2N2O3/c15-12-5-4-9(6-13(12)16)7-14(19)17-10-2-1-3-11(8-10)18(20)21/h1-6,8H,7H2,(H,17,19). The molecule has 1 amide bonds. The summed E-state index contributed by atoms with van der Waals surface area (Å²) in [5.41, 5.74) is 0.990. The van der Waals surface area contributed by atoms with Gasteiger partial charge in [0.15, 0.2) is 0 Å². The number of amides is 1. The number of hydrogen-bond donors (Lipinski definition) is 1. The van der Waals surface area contributed by atoms with E-state index in [0.717, 1.165) is 0 Å². The molecule has 21 heavy (non-hydrogen) atoms. The Labute approximate surface area is 130 Å². The number of non-ortho nitro benzene ring substituents is 1. The highest BCUT2D eigenvalue weighted by atomic mass is 35.5. The Morgan fingerprint density at radius 3 is 2.57 bits per heavy atom. The number of nitro benzene ring substituents is 1. The number of rotatable bonds is 4. The number of anilines is 1. The van der Waals surface area contributed by atoms with Crippen LogP contribution in [-0.4, -0.2) is 10.8 Å². The van der Waals surface area contributed by atoms with Gasteiger partial charge >= 0.3 is 0 Å². The Hall–Kier alpha value is -2.11. The predicted octanol–water partition coefficient (Wildman–Crippen LogP) is 4.08. The van der Waals surface area contributed by atoms with Gasteiger partial charge in [0, 0.05) is 17.8 Å². The number of nitro groups is 1. The van der Waals surface area contributed by atoms with E-state index in [1.807, 2.05) is 0 Å². The Balaban J connectivity index is 2.06. The van der Waals surface area contributed by atoms with Crippen LogP contribution in [0.15, 0.2) is 42.5 Å². The van der Waals surface area contributed by atoms with Crippen molar-refractivity contribution >= 4 is 40.5 Å². The zero-order valence-corrected chi connectivity index (χ0v) is 12.2. The van der Waals surface area contributed by atoms with Crippen molar-refractivity contribution in [2.45, 2.75) is 6.42 Å². The molecule has 7 heteroatoms. The summed E-state index contributed by atoms with van der Waals surface area (Å²) in [5, 5.41) is 14.1. The van der Waals surface area contributed by atoms with Crippen molar-refractivity contribution in [2.24, 2.45) is 0 Å². The van der Waals surface area contributed by atoms with Crippen LogP contribution in [0.4, 0.5) is 11.4 Å². The van der Waals surface area contributed by atoms with Crippen LogP contribution in [0.1, 0.15) is 5.56 Å². The molecule has 0 saturated heterocycles. The molecular formula is C14H10Cl2N2O3. The van der Waals surface area contributed by atoms with Crippen molar-refractivity contribution < 1.29 is 9.72 Å². The van der Waals surface area contributed by atoms with Crippen LogP contribution in [0.5, 0.6) is 0 Å². The normalized spacial score (nSPS) is 10.2. The smallest absolute Gasteiger partial charge is 0.271 e. The minimum absolute atomic E-state index is 0.0812. The molecule has 0 atom stereocenters. The minimum Gasteiger partial charge on any atom is -0.326 e. The van der Waals surface area contributed by atoms with E-state index < -0.39 is 4.92 Å². The zero-order chi connectivity index (χ0) is 15.4. The number of carbonyl (C=O) groups excluding carboxylic acids is 1. The fourth-order valence-corrected chi connectivity index (χ4v) is 2.06. The second-order valence-electron chi connectivity index (χ2n) is 4.28. The van der Waals surface area contributed by atoms with E-state index in [1.165, 1.54) is 18.2 Å². The molecule has 0 heterocycles. The highest BCUT2D eigenvalue weighted by Gasteiger charge is 2.09. The molecule has 1 N–H and O–H groups in total. The van der Waals surface area contributed by atoms with Crippen molar-refractivity contribution in [1.82, 2.24) is 0 Å². The average Bonchev–Trinajstić information content (AvgIpc) is 2.43. The molecule has 0 fully saturated rings. The first-order chi connectivity index (χ1) is 9.95. The maximum Gasteiger partial charge on any atom is 0.271 e. The number of carbonyl (C=O) groups is 1. The Morgan fingerprint density at radius 2 is 1.90 bits per heavy atom. The van der Waals surface area contributed by atoms with Crippen LogP contribution in [0, 0.1) is 10.1 Å². The first kappa shape index (κ1) is 15.3. The van der Waals surface area contributed by atoms with E-state index in [0.29, 0.717) is 21.3 Å². The van der Waals surface area contributed by atoms with Crippen molar-refractivity contribution in [2.75, 3.05) is 5.32 Å². The molecule has 0 aliphatic rings. The van der Waals surface area contributed by atoms with Gasteiger partial charge in [0.1, 0.15) is 0 Å². The van der Waals surface area contributed by atoms with Crippen LogP contribution in [0.3, 0.4) is 0 Å². The molecule has 0 bridgehead atoms. The SMILES string of the molecule is O=C(Cc1ccc(Cl)c(Cl)c1)Nc1cccc([N+](=O)[O-])c1. The fraction of sp³-hybridized carbons (Fsp3) is 0.0714. The van der Waals surface area contributed by atoms with Crippen LogP contribution >= 0.6 is 23.2 Å². The average molecular weight is 325 g/mol. The second kappa shape index (κ2) is 6.56. The summed E-state index contributed by atoms with van der Waals surface area (Å²) < 4.78 is 0. The van der Waals surface area contributed by atoms with E-state index in [9.17, 15) is 14.9 Å². The van der Waals surface area contributed by atoms with Crippen LogP contribution < -0.4 is 5.32 Å². The molecule has 5 nitrogen and oxygen atoms in total. The molecule has 0 aliphatic heterocycles. The largest absolute Gasteiger partial charge is 0.326 e. The molecule has 0 spiro atoms. The van der Waals surface area contributed by atoms with E-state index in [1.54, 1.807) is 24.3 Å². The Bertz CT molecular complexity index is 704. The Kier molecular flexibility index (Phi) is 4.77. The molecule has 0 saturated carbocycles. The second-order valence-corrected chi connectivity index (χ2v) is 5.10. The third kappa shape index (κ3) is 4.18. The van der Waals surface area contributed by atoms with E-state index in [4.69, 9.17) is 23.2 Å². The summed E-state index contributed by atoms with van der Waals surface area (Å²) >= 11 is 11.7. The van der Waals surface area contributed by atoms with Gasteiger partial charge in [-0.2, -0.15) is 0 Å². The van der Waals surface area contributed by atoms with Gasteiger partial charge in [-0.05, 0) is 23.8 Å². The molecule has 0 aromatic heterocycles. The van der Waals surface area contributed by atoms with Crippen molar-refractivity contribution in [3.05, 3.63) is 68.2 Å². The maximum absolute atomic E-state index is 11.9. The van der Waals surface area contributed by atoms with Crippen LogP contribution in [0.25, 0.3) is 0 Å². The monoisotopic (exact) mass is 324 g/mol. The summed E-state index contributed by atoms with van der Waals surface area (Å²) in [7, 11) is 0. The molecule has 108 valence electrons. The van der Waals surface area contributed by atoms with Crippen molar-refractivity contribution in [3.63, 3.8) is 0 Å². The molecule has 2 aromatic rings. The lowest BCUT2D eigenvalue weighted by atomic mass is 10.1. The van der Waals surface area contributed by atoms with Gasteiger partial charge in [0.25, 0.3) is 5.69 Å². The lowest BCUT2D eigenvalue weighted by molar-refractivity contribution is -0.384. The topological polar surface area (TPSA) is 72.2 Å². The lowest BCUT2D eigenvalue weighted by Gasteiger charge is -2.06. The number of hydrogen-bond acceptors (Lipinski definition) is 3. The fourth-order valence-electron chi connectivity index (χ4n) is 1.74. The predicted molar refractivity (Wildman–Crippen MR) is 81.9 cm³/mol. The summed E-state index contributed by atoms with van der Waals surface area (Å²) in [4.78, 5) is 22.0. The molecule has 2 rings (SSSR count). The first-order valence-electron chi connectivity index (χ1n) is 5.94. The first-order valence-corrected chi connectivity index (χ1v) is 6.69. The highest BCUT2D eigenvalue weighted by molar-refractivity contribution is 6.42. The maximum atomic E-state index is 11.9. The van der Waals surface area contributed by atoms with Gasteiger partial charge in [-0.1, -0.05) is 35.3 Å². The minimum atomic E-state index is -0.519. The molecule has 0 radical (unpaired) electrons. The number of nitrogens with one attached hydrogen (secondary N) is 1. The molecule has 2 aromatic carbocycles. The van der Waals surface area contributed by atoms with Crippen molar-refractivity contribution in [1.29, 1.82) is 0 Å². The van der Waals surface area contributed by atoms with Crippen molar-refractivity contribution in [3.8, 4) is 0 Å². The van der Waals surface area contributed by atoms with E-state index in [2.05, 4.69) is 5.32 Å². The molecule has 0 unspecified atom stereocenters. The highest BCUT2D eigenvalue weighted by Crippen LogP contribution is 2.23. The van der Waals surface area contributed by atoms with Gasteiger partial charge in [0.05, 0.1) is 21.4 Å². The van der Waals surface area contributed by atoms with Gasteiger partial charge in [-0.25, -0.2) is 0 Å². The number of halogens is 2. The lowest BCUT2D eigenvalue weighted by Crippen LogP contribution is -2.14. The zero-order valence-electron chi connectivity index (χ0n) is 10.7. The van der Waals surface area contributed by atoms with Gasteiger partial charge < -0.3 is 5.32 Å². The Morgan fingerprint density at radius 1 is 1.14 bits per heavy atom. The van der Waals surface area contributed by atoms with Gasteiger partial charge in [0.2, 0.25) is 5.91 Å². The third-order valence-electron chi connectivity index (χ3n) is 2.69. The van der Waals surface area contributed by atoms with E-state index in [-0.39, 0.29) is 18.0 Å². The summed E-state index contributed by atoms with van der Waals surface area (Å²) in [5.74, 6) is -0.297. The van der Waals surface area contributed by atoms with Gasteiger partial charge in [-0.3, -0.25) is 14.9 Å². The summed E-state index contributed by atoms with van der Waals surface area (Å²) in [6, 6.07) is 10.7. The summed E-state index contributed by atoms with van der Waals surface area (Å²) in [6.07, 6.45) is 0.0968. The number of benzene rings is 2. The molecule has 0 aliphatic carbocycles. The third-order valence-corrected chi connectivity index (χ3v) is 3.43. The van der Waals surface area contributed by atoms with E-state index >= 15 is 0 Å². The van der Waals surface area contributed by atoms with Crippen LogP contribution in [0.2, 0.25) is 10.0 Å². The van der Waals surface area contributed by atoms with Crippen LogP contribution in [-0.2, 0) is 11.2 Å². The number of nitrogens with zero attached hydrogens (tertiary/aromatic N) is 1. The quantitative estimate of drug-likeness (QED) is 0.680. The molecular weight excluding hydrogens is 315 g/mol.